The molecule has 146 valence electrons. The van der Waals surface area contributed by atoms with Gasteiger partial charge in [-0.2, -0.15) is 5.10 Å². The zero-order valence-corrected chi connectivity index (χ0v) is 16.7. The van der Waals surface area contributed by atoms with Gasteiger partial charge < -0.3 is 10.6 Å². The summed E-state index contributed by atoms with van der Waals surface area (Å²) >= 11 is 11.7. The van der Waals surface area contributed by atoms with Gasteiger partial charge >= 0.3 is 11.8 Å². The highest BCUT2D eigenvalue weighted by Crippen LogP contribution is 2.25. The molecule has 9 heteroatoms. The van der Waals surface area contributed by atoms with Crippen molar-refractivity contribution in [3.63, 3.8) is 0 Å². The molecule has 0 heterocycles. The standard InChI is InChI=1S/C19H18Cl2N4O3/c1-11-4-3-5-13(8-11)23-18(27)19(28)25-24-12(2)9-17(26)22-14-6-7-15(20)16(21)10-14/h3-8,10H,9H2,1-2H3,(H,22,26)(H,23,27)(H,25,28). The van der Waals surface area contributed by atoms with Crippen LogP contribution in [0, 0.1) is 6.92 Å². The van der Waals surface area contributed by atoms with Gasteiger partial charge in [0.1, 0.15) is 0 Å². The van der Waals surface area contributed by atoms with Crippen molar-refractivity contribution in [3.05, 3.63) is 58.1 Å². The first-order valence-corrected chi connectivity index (χ1v) is 8.96. The van der Waals surface area contributed by atoms with Crippen LogP contribution in [-0.2, 0) is 14.4 Å². The number of hydrazone groups is 1. The molecule has 0 bridgehead atoms. The highest BCUT2D eigenvalue weighted by atomic mass is 35.5. The summed E-state index contributed by atoms with van der Waals surface area (Å²) in [6, 6.07) is 11.7. The summed E-state index contributed by atoms with van der Waals surface area (Å²) in [6.45, 7) is 3.42. The van der Waals surface area contributed by atoms with E-state index in [0.717, 1.165) is 5.56 Å². The molecule has 0 fully saturated rings. The number of halogens is 2. The van der Waals surface area contributed by atoms with E-state index in [1.165, 1.54) is 6.07 Å². The smallest absolute Gasteiger partial charge is 0.326 e. The Morgan fingerprint density at radius 3 is 2.32 bits per heavy atom. The normalized spacial score (nSPS) is 10.9. The van der Waals surface area contributed by atoms with Crippen molar-refractivity contribution >= 4 is 58.0 Å². The van der Waals surface area contributed by atoms with Crippen LogP contribution in [0.5, 0.6) is 0 Å². The third-order valence-corrected chi connectivity index (χ3v) is 4.19. The Kier molecular flexibility index (Phi) is 7.54. The number of hydrogen-bond acceptors (Lipinski definition) is 4. The van der Waals surface area contributed by atoms with Crippen molar-refractivity contribution in [1.29, 1.82) is 0 Å². The molecule has 0 aliphatic rings. The Hall–Kier alpha value is -2.90. The van der Waals surface area contributed by atoms with Gasteiger partial charge in [0.25, 0.3) is 0 Å². The Morgan fingerprint density at radius 2 is 1.64 bits per heavy atom. The zero-order chi connectivity index (χ0) is 20.7. The fourth-order valence-electron chi connectivity index (χ4n) is 2.16. The number of hydrogen-bond donors (Lipinski definition) is 3. The van der Waals surface area contributed by atoms with Crippen LogP contribution < -0.4 is 16.1 Å². The number of carbonyl (C=O) groups is 3. The van der Waals surface area contributed by atoms with Crippen LogP contribution in [-0.4, -0.2) is 23.4 Å². The van der Waals surface area contributed by atoms with Gasteiger partial charge in [0.2, 0.25) is 5.91 Å². The maximum Gasteiger partial charge on any atom is 0.329 e. The van der Waals surface area contributed by atoms with Crippen molar-refractivity contribution in [2.45, 2.75) is 20.3 Å². The molecule has 3 N–H and O–H groups in total. The van der Waals surface area contributed by atoms with Crippen LogP contribution in [0.4, 0.5) is 11.4 Å². The fourth-order valence-corrected chi connectivity index (χ4v) is 2.46. The molecule has 2 aromatic carbocycles. The average molecular weight is 421 g/mol. The summed E-state index contributed by atoms with van der Waals surface area (Å²) in [6.07, 6.45) is -0.0833. The Morgan fingerprint density at radius 1 is 0.929 bits per heavy atom. The fraction of sp³-hybridized carbons (Fsp3) is 0.158. The van der Waals surface area contributed by atoms with Crippen molar-refractivity contribution in [3.8, 4) is 0 Å². The molecule has 0 radical (unpaired) electrons. The van der Waals surface area contributed by atoms with Crippen LogP contribution in [0.3, 0.4) is 0 Å². The third kappa shape index (κ3) is 6.68. The highest BCUT2D eigenvalue weighted by molar-refractivity contribution is 6.42. The summed E-state index contributed by atoms with van der Waals surface area (Å²) in [5.41, 5.74) is 4.36. The lowest BCUT2D eigenvalue weighted by molar-refractivity contribution is -0.136. The third-order valence-electron chi connectivity index (χ3n) is 3.45. The zero-order valence-electron chi connectivity index (χ0n) is 15.2. The van der Waals surface area contributed by atoms with Gasteiger partial charge in [-0.3, -0.25) is 14.4 Å². The van der Waals surface area contributed by atoms with Crippen molar-refractivity contribution in [2.24, 2.45) is 5.10 Å². The number of nitrogens with one attached hydrogen (secondary N) is 3. The molecule has 0 spiro atoms. The molecule has 0 atom stereocenters. The number of anilines is 2. The van der Waals surface area contributed by atoms with Crippen LogP contribution in [0.25, 0.3) is 0 Å². The molecule has 2 aromatic rings. The van der Waals surface area contributed by atoms with E-state index in [1.54, 1.807) is 37.3 Å². The number of nitrogens with zero attached hydrogens (tertiary/aromatic N) is 1. The molecular formula is C19H18Cl2N4O3. The van der Waals surface area contributed by atoms with Gasteiger partial charge in [-0.25, -0.2) is 5.43 Å². The van der Waals surface area contributed by atoms with Crippen LogP contribution in [0.15, 0.2) is 47.6 Å². The molecule has 0 aliphatic heterocycles. The van der Waals surface area contributed by atoms with E-state index in [4.69, 9.17) is 23.2 Å². The first-order chi connectivity index (χ1) is 13.2. The van der Waals surface area contributed by atoms with Gasteiger partial charge in [0.15, 0.2) is 0 Å². The number of amides is 3. The van der Waals surface area contributed by atoms with Crippen LogP contribution in [0.2, 0.25) is 10.0 Å². The van der Waals surface area contributed by atoms with Gasteiger partial charge in [0.05, 0.1) is 16.5 Å². The SMILES string of the molecule is CC(CC(=O)Nc1ccc(Cl)c(Cl)c1)=NNC(=O)C(=O)Nc1cccc(C)c1. The van der Waals surface area contributed by atoms with E-state index in [0.29, 0.717) is 27.1 Å². The number of benzene rings is 2. The summed E-state index contributed by atoms with van der Waals surface area (Å²) in [5, 5.41) is 9.56. The largest absolute Gasteiger partial charge is 0.329 e. The molecule has 0 saturated heterocycles. The molecule has 3 amide bonds. The lowest BCUT2D eigenvalue weighted by atomic mass is 10.2. The second kappa shape index (κ2) is 9.87. The number of carbonyl (C=O) groups excluding carboxylic acids is 3. The monoisotopic (exact) mass is 420 g/mol. The van der Waals surface area contributed by atoms with Gasteiger partial charge in [-0.05, 0) is 49.7 Å². The maximum atomic E-state index is 12.0. The quantitative estimate of drug-likeness (QED) is 0.389. The summed E-state index contributed by atoms with van der Waals surface area (Å²) < 4.78 is 0. The molecule has 28 heavy (non-hydrogen) atoms. The summed E-state index contributed by atoms with van der Waals surface area (Å²) in [5.74, 6) is -2.16. The minimum absolute atomic E-state index is 0.0833. The predicted octanol–water partition coefficient (Wildman–Crippen LogP) is 3.76. The van der Waals surface area contributed by atoms with Crippen LogP contribution in [0.1, 0.15) is 18.9 Å². The predicted molar refractivity (Wildman–Crippen MR) is 111 cm³/mol. The van der Waals surface area contributed by atoms with E-state index in [1.807, 2.05) is 13.0 Å². The van der Waals surface area contributed by atoms with Crippen molar-refractivity contribution < 1.29 is 14.4 Å². The highest BCUT2D eigenvalue weighted by Gasteiger charge is 2.14. The summed E-state index contributed by atoms with van der Waals surface area (Å²) in [4.78, 5) is 35.7. The molecular weight excluding hydrogens is 403 g/mol. The lowest BCUT2D eigenvalue weighted by Crippen LogP contribution is -2.33. The van der Waals surface area contributed by atoms with Crippen LogP contribution >= 0.6 is 23.2 Å². The van der Waals surface area contributed by atoms with E-state index in [9.17, 15) is 14.4 Å². The molecule has 0 saturated carbocycles. The van der Waals surface area contributed by atoms with Crippen molar-refractivity contribution in [2.75, 3.05) is 10.6 Å². The minimum atomic E-state index is -0.939. The van der Waals surface area contributed by atoms with E-state index >= 15 is 0 Å². The van der Waals surface area contributed by atoms with Crippen molar-refractivity contribution in [1.82, 2.24) is 5.43 Å². The topological polar surface area (TPSA) is 99.7 Å². The van der Waals surface area contributed by atoms with Gasteiger partial charge in [-0.15, -0.1) is 0 Å². The second-order valence-electron chi connectivity index (χ2n) is 5.97. The maximum absolute atomic E-state index is 12.0. The Bertz CT molecular complexity index is 945. The molecule has 2 rings (SSSR count). The van der Waals surface area contributed by atoms with E-state index in [2.05, 4.69) is 21.2 Å². The molecule has 0 unspecified atom stereocenters. The van der Waals surface area contributed by atoms with Gasteiger partial charge in [0, 0.05) is 17.1 Å². The first-order valence-electron chi connectivity index (χ1n) is 8.20. The van der Waals surface area contributed by atoms with E-state index in [-0.39, 0.29) is 12.3 Å². The Balaban J connectivity index is 1.85. The molecule has 7 nitrogen and oxygen atoms in total. The van der Waals surface area contributed by atoms with Gasteiger partial charge in [-0.1, -0.05) is 35.3 Å². The Labute approximate surface area is 172 Å². The summed E-state index contributed by atoms with van der Waals surface area (Å²) in [7, 11) is 0. The molecule has 0 aliphatic carbocycles. The molecule has 0 aromatic heterocycles. The second-order valence-corrected chi connectivity index (χ2v) is 6.78. The first kappa shape index (κ1) is 21.4. The minimum Gasteiger partial charge on any atom is -0.326 e. The number of rotatable bonds is 5. The average Bonchev–Trinajstić information content (AvgIpc) is 2.62. The lowest BCUT2D eigenvalue weighted by Gasteiger charge is -2.07. The van der Waals surface area contributed by atoms with E-state index < -0.39 is 11.8 Å². The number of aryl methyl sites for hydroxylation is 1.